The summed E-state index contributed by atoms with van der Waals surface area (Å²) in [5, 5.41) is 15.5. The van der Waals surface area contributed by atoms with E-state index in [1.165, 1.54) is 0 Å². The Morgan fingerprint density at radius 2 is 1.95 bits per heavy atom. The van der Waals surface area contributed by atoms with Crippen LogP contribution in [0, 0.1) is 18.8 Å². The zero-order valence-electron chi connectivity index (χ0n) is 12.2. The first kappa shape index (κ1) is 15.5. The smallest absolute Gasteiger partial charge is 0.306 e. The van der Waals surface area contributed by atoms with Gasteiger partial charge in [-0.25, -0.2) is 0 Å². The number of carboxylic acids is 1. The number of carbonyl (C=O) groups is 2. The third kappa shape index (κ3) is 4.54. The molecule has 0 aliphatic heterocycles. The molecular formula is C14H21N3O4. The molecule has 1 fully saturated rings. The fourth-order valence-electron chi connectivity index (χ4n) is 2.64. The Kier molecular flexibility index (Phi) is 5.30. The van der Waals surface area contributed by atoms with Gasteiger partial charge in [0, 0.05) is 18.9 Å². The van der Waals surface area contributed by atoms with Gasteiger partial charge in [0.1, 0.15) is 0 Å². The van der Waals surface area contributed by atoms with Gasteiger partial charge in [0.05, 0.1) is 5.92 Å². The second-order valence-corrected chi connectivity index (χ2v) is 5.52. The third-order valence-corrected chi connectivity index (χ3v) is 3.88. The van der Waals surface area contributed by atoms with E-state index in [4.69, 9.17) is 9.63 Å². The maximum Gasteiger partial charge on any atom is 0.306 e. The van der Waals surface area contributed by atoms with Crippen molar-refractivity contribution >= 4 is 11.9 Å². The van der Waals surface area contributed by atoms with Crippen LogP contribution in [0.25, 0.3) is 0 Å². The van der Waals surface area contributed by atoms with Crippen molar-refractivity contribution in [3.05, 3.63) is 11.7 Å². The summed E-state index contributed by atoms with van der Waals surface area (Å²) in [7, 11) is 0. The van der Waals surface area contributed by atoms with Gasteiger partial charge in [-0.1, -0.05) is 5.16 Å². The summed E-state index contributed by atoms with van der Waals surface area (Å²) in [6.07, 6.45) is 3.89. The zero-order chi connectivity index (χ0) is 15.2. The molecule has 0 saturated heterocycles. The van der Waals surface area contributed by atoms with Crippen molar-refractivity contribution in [2.24, 2.45) is 11.8 Å². The lowest BCUT2D eigenvalue weighted by atomic mass is 9.81. The van der Waals surface area contributed by atoms with E-state index in [1.807, 2.05) is 0 Å². The topological polar surface area (TPSA) is 105 Å². The predicted molar refractivity (Wildman–Crippen MR) is 73.4 cm³/mol. The van der Waals surface area contributed by atoms with Gasteiger partial charge in [0.15, 0.2) is 5.82 Å². The van der Waals surface area contributed by atoms with Crippen LogP contribution < -0.4 is 5.32 Å². The van der Waals surface area contributed by atoms with E-state index in [9.17, 15) is 9.59 Å². The summed E-state index contributed by atoms with van der Waals surface area (Å²) < 4.78 is 4.99. The number of carboxylic acid groups (broad SMARTS) is 1. The summed E-state index contributed by atoms with van der Waals surface area (Å²) in [4.78, 5) is 26.9. The van der Waals surface area contributed by atoms with Crippen LogP contribution in [0.1, 0.15) is 43.8 Å². The minimum Gasteiger partial charge on any atom is -0.481 e. The fourth-order valence-corrected chi connectivity index (χ4v) is 2.64. The molecule has 1 aromatic heterocycles. The van der Waals surface area contributed by atoms with Crippen LogP contribution in [0.2, 0.25) is 0 Å². The maximum atomic E-state index is 12.0. The minimum atomic E-state index is -0.747. The number of carbonyl (C=O) groups excluding carboxylic acids is 1. The molecule has 1 aliphatic rings. The van der Waals surface area contributed by atoms with Crippen LogP contribution in [0.5, 0.6) is 0 Å². The number of hydrogen-bond donors (Lipinski definition) is 2. The van der Waals surface area contributed by atoms with E-state index >= 15 is 0 Å². The van der Waals surface area contributed by atoms with Crippen molar-refractivity contribution in [3.8, 4) is 0 Å². The largest absolute Gasteiger partial charge is 0.481 e. The fraction of sp³-hybridized carbons (Fsp3) is 0.714. The second kappa shape index (κ2) is 7.19. The van der Waals surface area contributed by atoms with Crippen LogP contribution in [0.15, 0.2) is 4.52 Å². The SMILES string of the molecule is Cc1noc(CCCNC(=O)C2CCC(C(=O)O)CC2)n1. The Morgan fingerprint density at radius 1 is 1.29 bits per heavy atom. The van der Waals surface area contributed by atoms with Crippen molar-refractivity contribution in [2.75, 3.05) is 6.54 Å². The predicted octanol–water partition coefficient (Wildman–Crippen LogP) is 1.32. The lowest BCUT2D eigenvalue weighted by Gasteiger charge is -2.25. The van der Waals surface area contributed by atoms with Crippen molar-refractivity contribution in [1.82, 2.24) is 15.5 Å². The highest BCUT2D eigenvalue weighted by molar-refractivity contribution is 5.79. The molecule has 2 N–H and O–H groups in total. The van der Waals surface area contributed by atoms with Crippen molar-refractivity contribution in [3.63, 3.8) is 0 Å². The van der Waals surface area contributed by atoms with Gasteiger partial charge in [0.2, 0.25) is 11.8 Å². The molecule has 1 amide bonds. The van der Waals surface area contributed by atoms with Crippen LogP contribution in [-0.2, 0) is 16.0 Å². The highest BCUT2D eigenvalue weighted by Gasteiger charge is 2.29. The Morgan fingerprint density at radius 3 is 2.52 bits per heavy atom. The normalized spacial score (nSPS) is 22.0. The number of hydrogen-bond acceptors (Lipinski definition) is 5. The summed E-state index contributed by atoms with van der Waals surface area (Å²) in [6.45, 7) is 2.33. The number of amides is 1. The van der Waals surface area contributed by atoms with Crippen molar-refractivity contribution < 1.29 is 19.2 Å². The lowest BCUT2D eigenvalue weighted by Crippen LogP contribution is -2.35. The van der Waals surface area contributed by atoms with Gasteiger partial charge < -0.3 is 14.9 Å². The van der Waals surface area contributed by atoms with Crippen LogP contribution in [0.3, 0.4) is 0 Å². The number of aryl methyl sites for hydroxylation is 2. The number of nitrogens with one attached hydrogen (secondary N) is 1. The molecule has 116 valence electrons. The average Bonchev–Trinajstić information content (AvgIpc) is 2.89. The molecule has 1 aliphatic carbocycles. The summed E-state index contributed by atoms with van der Waals surface area (Å²) in [5.74, 6) is 0.151. The second-order valence-electron chi connectivity index (χ2n) is 5.52. The maximum absolute atomic E-state index is 12.0. The van der Waals surface area contributed by atoms with Gasteiger partial charge >= 0.3 is 5.97 Å². The minimum absolute atomic E-state index is 0.0283. The van der Waals surface area contributed by atoms with E-state index in [0.717, 1.165) is 6.42 Å². The Bertz CT molecular complexity index is 492. The molecule has 0 bridgehead atoms. The van der Waals surface area contributed by atoms with Crippen LogP contribution in [0.4, 0.5) is 0 Å². The van der Waals surface area contributed by atoms with Gasteiger partial charge in [-0.15, -0.1) is 0 Å². The number of rotatable bonds is 6. The molecule has 1 aromatic rings. The number of nitrogens with zero attached hydrogens (tertiary/aromatic N) is 2. The zero-order valence-corrected chi connectivity index (χ0v) is 12.2. The van der Waals surface area contributed by atoms with E-state index < -0.39 is 5.97 Å². The van der Waals surface area contributed by atoms with Gasteiger partial charge in [-0.05, 0) is 39.0 Å². The molecule has 0 aromatic carbocycles. The highest BCUT2D eigenvalue weighted by Crippen LogP contribution is 2.28. The molecule has 1 saturated carbocycles. The van der Waals surface area contributed by atoms with Crippen LogP contribution in [-0.4, -0.2) is 33.7 Å². The van der Waals surface area contributed by atoms with Crippen LogP contribution >= 0.6 is 0 Å². The molecule has 0 atom stereocenters. The van der Waals surface area contributed by atoms with E-state index in [2.05, 4.69) is 15.5 Å². The molecule has 0 unspecified atom stereocenters. The Balaban J connectivity index is 1.63. The van der Waals surface area contributed by atoms with Gasteiger partial charge in [0.25, 0.3) is 0 Å². The van der Waals surface area contributed by atoms with E-state index in [0.29, 0.717) is 50.4 Å². The van der Waals surface area contributed by atoms with E-state index in [-0.39, 0.29) is 17.7 Å². The lowest BCUT2D eigenvalue weighted by molar-refractivity contribution is -0.144. The first-order valence-corrected chi connectivity index (χ1v) is 7.36. The molecular weight excluding hydrogens is 274 g/mol. The first-order chi connectivity index (χ1) is 10.1. The summed E-state index contributed by atoms with van der Waals surface area (Å²) in [5.41, 5.74) is 0. The summed E-state index contributed by atoms with van der Waals surface area (Å²) >= 11 is 0. The molecule has 1 heterocycles. The highest BCUT2D eigenvalue weighted by atomic mass is 16.5. The number of aliphatic carboxylic acids is 1. The standard InChI is InChI=1S/C14H21N3O4/c1-9-16-12(21-17-9)3-2-8-15-13(18)10-4-6-11(7-5-10)14(19)20/h10-11H,2-8H2,1H3,(H,15,18)(H,19,20). The molecule has 21 heavy (non-hydrogen) atoms. The Hall–Kier alpha value is -1.92. The van der Waals surface area contributed by atoms with Crippen molar-refractivity contribution in [1.29, 1.82) is 0 Å². The molecule has 7 heteroatoms. The molecule has 0 spiro atoms. The monoisotopic (exact) mass is 295 g/mol. The molecule has 2 rings (SSSR count). The van der Waals surface area contributed by atoms with Gasteiger partial charge in [-0.3, -0.25) is 9.59 Å². The molecule has 7 nitrogen and oxygen atoms in total. The summed E-state index contributed by atoms with van der Waals surface area (Å²) in [6, 6.07) is 0. The average molecular weight is 295 g/mol. The first-order valence-electron chi connectivity index (χ1n) is 7.36. The number of aromatic nitrogens is 2. The van der Waals surface area contributed by atoms with Gasteiger partial charge in [-0.2, -0.15) is 4.98 Å². The Labute approximate surface area is 123 Å². The quantitative estimate of drug-likeness (QED) is 0.767. The third-order valence-electron chi connectivity index (χ3n) is 3.88. The molecule has 0 radical (unpaired) electrons. The van der Waals surface area contributed by atoms with Crippen molar-refractivity contribution in [2.45, 2.75) is 45.4 Å². The van der Waals surface area contributed by atoms with E-state index in [1.54, 1.807) is 6.92 Å².